The van der Waals surface area contributed by atoms with Gasteiger partial charge in [0.05, 0.1) is 0 Å². The maximum absolute atomic E-state index is 6.05. The first-order valence-electron chi connectivity index (χ1n) is 5.81. The molecule has 1 aliphatic heterocycles. The Morgan fingerprint density at radius 3 is 2.59 bits per heavy atom. The van der Waals surface area contributed by atoms with Crippen LogP contribution in [0.4, 0.5) is 5.82 Å². The molecule has 1 aromatic heterocycles. The molecule has 3 unspecified atom stereocenters. The van der Waals surface area contributed by atoms with Gasteiger partial charge in [-0.1, -0.05) is 25.4 Å². The van der Waals surface area contributed by atoms with Crippen LogP contribution in [-0.4, -0.2) is 27.8 Å². The highest BCUT2D eigenvalue weighted by Crippen LogP contribution is 2.33. The summed E-state index contributed by atoms with van der Waals surface area (Å²) in [5, 5.41) is 7.92. The molecule has 0 aliphatic carbocycles. The van der Waals surface area contributed by atoms with Crippen molar-refractivity contribution in [3.05, 3.63) is 10.4 Å². The Hall–Kier alpha value is -0.610. The summed E-state index contributed by atoms with van der Waals surface area (Å²) in [5.41, 5.74) is 0. The minimum Gasteiger partial charge on any atom is -0.351 e. The number of halogens is 2. The Labute approximate surface area is 111 Å². The second kappa shape index (κ2) is 4.94. The van der Waals surface area contributed by atoms with Crippen molar-refractivity contribution in [3.8, 4) is 0 Å². The van der Waals surface area contributed by atoms with Crippen molar-refractivity contribution in [3.63, 3.8) is 0 Å². The normalized spacial score (nSPS) is 29.5. The highest BCUT2D eigenvalue weighted by atomic mass is 35.5. The maximum atomic E-state index is 6.05. The molecule has 0 aromatic carbocycles. The van der Waals surface area contributed by atoms with Gasteiger partial charge in [-0.25, -0.2) is 0 Å². The van der Waals surface area contributed by atoms with E-state index in [2.05, 4.69) is 40.9 Å². The molecule has 94 valence electrons. The second-order valence-electron chi connectivity index (χ2n) is 4.91. The van der Waals surface area contributed by atoms with Gasteiger partial charge >= 0.3 is 0 Å². The zero-order valence-corrected chi connectivity index (χ0v) is 11.7. The Bertz CT molecular complexity index is 412. The molecular weight excluding hydrogens is 259 g/mol. The van der Waals surface area contributed by atoms with Gasteiger partial charge in [-0.05, 0) is 36.8 Å². The van der Waals surface area contributed by atoms with Crippen molar-refractivity contribution in [2.24, 2.45) is 11.8 Å². The number of nitrogens with zero attached hydrogens (tertiary/aromatic N) is 4. The molecule has 2 heterocycles. The Kier molecular flexibility index (Phi) is 3.73. The largest absolute Gasteiger partial charge is 0.351 e. The summed E-state index contributed by atoms with van der Waals surface area (Å²) in [6, 6.07) is 0.386. The minimum absolute atomic E-state index is 0.141. The van der Waals surface area contributed by atoms with Crippen LogP contribution in [0.3, 0.4) is 0 Å². The number of anilines is 1. The van der Waals surface area contributed by atoms with E-state index in [1.807, 2.05) is 0 Å². The molecule has 0 N–H and O–H groups in total. The smallest absolute Gasteiger partial charge is 0.245 e. The molecular formula is C11H16Cl2N4. The fraction of sp³-hybridized carbons (Fsp3) is 0.727. The molecule has 1 saturated heterocycles. The van der Waals surface area contributed by atoms with Gasteiger partial charge in [-0.3, -0.25) is 0 Å². The number of piperidine rings is 1. The van der Waals surface area contributed by atoms with Crippen LogP contribution in [0.15, 0.2) is 0 Å². The molecule has 1 aliphatic rings. The topological polar surface area (TPSA) is 41.9 Å². The van der Waals surface area contributed by atoms with Crippen LogP contribution in [0.5, 0.6) is 0 Å². The monoisotopic (exact) mass is 274 g/mol. The van der Waals surface area contributed by atoms with Gasteiger partial charge in [0.25, 0.3) is 0 Å². The third-order valence-electron chi connectivity index (χ3n) is 3.47. The molecule has 1 fully saturated rings. The van der Waals surface area contributed by atoms with Crippen molar-refractivity contribution < 1.29 is 0 Å². The average molecular weight is 275 g/mol. The van der Waals surface area contributed by atoms with Gasteiger partial charge in [0.1, 0.15) is 0 Å². The third-order valence-corrected chi connectivity index (χ3v) is 3.88. The van der Waals surface area contributed by atoms with Crippen LogP contribution in [0.2, 0.25) is 10.4 Å². The van der Waals surface area contributed by atoms with E-state index in [1.165, 1.54) is 6.42 Å². The molecule has 17 heavy (non-hydrogen) atoms. The van der Waals surface area contributed by atoms with Crippen molar-refractivity contribution in [1.82, 2.24) is 15.2 Å². The van der Waals surface area contributed by atoms with Gasteiger partial charge < -0.3 is 4.90 Å². The number of aromatic nitrogens is 3. The minimum atomic E-state index is 0.141. The molecule has 0 spiro atoms. The fourth-order valence-corrected chi connectivity index (χ4v) is 2.77. The molecule has 6 heteroatoms. The predicted molar refractivity (Wildman–Crippen MR) is 69.6 cm³/mol. The lowest BCUT2D eigenvalue weighted by Crippen LogP contribution is -2.46. The van der Waals surface area contributed by atoms with E-state index in [9.17, 15) is 0 Å². The van der Waals surface area contributed by atoms with E-state index in [0.717, 1.165) is 6.54 Å². The molecule has 0 amide bonds. The van der Waals surface area contributed by atoms with E-state index in [4.69, 9.17) is 23.2 Å². The summed E-state index contributed by atoms with van der Waals surface area (Å²) in [4.78, 5) is 6.38. The highest BCUT2D eigenvalue weighted by molar-refractivity contribution is 6.32. The van der Waals surface area contributed by atoms with Gasteiger partial charge in [0.15, 0.2) is 11.0 Å². The summed E-state index contributed by atoms with van der Waals surface area (Å²) in [5.74, 6) is 1.87. The van der Waals surface area contributed by atoms with E-state index in [0.29, 0.717) is 28.8 Å². The van der Waals surface area contributed by atoms with Gasteiger partial charge in [0, 0.05) is 12.6 Å². The van der Waals surface area contributed by atoms with Crippen LogP contribution in [0.1, 0.15) is 27.2 Å². The first-order valence-corrected chi connectivity index (χ1v) is 6.57. The van der Waals surface area contributed by atoms with E-state index >= 15 is 0 Å². The second-order valence-corrected chi connectivity index (χ2v) is 5.60. The van der Waals surface area contributed by atoms with Crippen molar-refractivity contribution in [1.29, 1.82) is 0 Å². The summed E-state index contributed by atoms with van der Waals surface area (Å²) in [6.07, 6.45) is 1.22. The maximum Gasteiger partial charge on any atom is 0.245 e. The first-order chi connectivity index (χ1) is 7.99. The Morgan fingerprint density at radius 1 is 1.18 bits per heavy atom. The van der Waals surface area contributed by atoms with E-state index in [-0.39, 0.29) is 5.28 Å². The lowest BCUT2D eigenvalue weighted by atomic mass is 9.86. The number of rotatable bonds is 1. The summed E-state index contributed by atoms with van der Waals surface area (Å²) in [6.45, 7) is 7.60. The fourth-order valence-electron chi connectivity index (χ4n) is 2.46. The van der Waals surface area contributed by atoms with Gasteiger partial charge in [-0.2, -0.15) is 4.98 Å². The molecule has 1 aromatic rings. The molecule has 0 bridgehead atoms. The first kappa shape index (κ1) is 12.8. The summed E-state index contributed by atoms with van der Waals surface area (Å²) >= 11 is 11.8. The number of hydrogen-bond acceptors (Lipinski definition) is 4. The van der Waals surface area contributed by atoms with Crippen LogP contribution in [-0.2, 0) is 0 Å². The van der Waals surface area contributed by atoms with Crippen molar-refractivity contribution in [2.75, 3.05) is 11.4 Å². The summed E-state index contributed by atoms with van der Waals surface area (Å²) in [7, 11) is 0. The lowest BCUT2D eigenvalue weighted by Gasteiger charge is -2.41. The molecule has 0 saturated carbocycles. The lowest BCUT2D eigenvalue weighted by molar-refractivity contribution is 0.295. The van der Waals surface area contributed by atoms with E-state index < -0.39 is 0 Å². The molecule has 4 nitrogen and oxygen atoms in total. The highest BCUT2D eigenvalue weighted by Gasteiger charge is 2.31. The quantitative estimate of drug-likeness (QED) is 0.790. The van der Waals surface area contributed by atoms with E-state index in [1.54, 1.807) is 0 Å². The zero-order valence-electron chi connectivity index (χ0n) is 10.2. The predicted octanol–water partition coefficient (Wildman–Crippen LogP) is 3.05. The van der Waals surface area contributed by atoms with Gasteiger partial charge in [0.2, 0.25) is 5.28 Å². The Balaban J connectivity index is 2.34. The third kappa shape index (κ3) is 2.63. The average Bonchev–Trinajstić information content (AvgIpc) is 2.27. The van der Waals surface area contributed by atoms with Gasteiger partial charge in [-0.15, -0.1) is 10.2 Å². The molecule has 0 radical (unpaired) electrons. The number of hydrogen-bond donors (Lipinski definition) is 0. The van der Waals surface area contributed by atoms with Crippen LogP contribution >= 0.6 is 23.2 Å². The van der Waals surface area contributed by atoms with Crippen molar-refractivity contribution >= 4 is 29.0 Å². The standard InChI is InChI=1S/C11H16Cl2N4/c1-6-4-7(2)8(3)17(5-6)10-9(12)15-16-11(13)14-10/h6-8H,4-5H2,1-3H3. The van der Waals surface area contributed by atoms with Crippen LogP contribution < -0.4 is 4.90 Å². The molecule has 2 rings (SSSR count). The van der Waals surface area contributed by atoms with Crippen LogP contribution in [0, 0.1) is 11.8 Å². The van der Waals surface area contributed by atoms with Crippen molar-refractivity contribution in [2.45, 2.75) is 33.2 Å². The molecule has 3 atom stereocenters. The Morgan fingerprint density at radius 2 is 1.88 bits per heavy atom. The van der Waals surface area contributed by atoms with Crippen LogP contribution in [0.25, 0.3) is 0 Å². The summed E-state index contributed by atoms with van der Waals surface area (Å²) < 4.78 is 0. The SMILES string of the molecule is CC1CC(C)C(C)N(c2nc(Cl)nnc2Cl)C1. The zero-order chi connectivity index (χ0) is 12.6.